The van der Waals surface area contributed by atoms with Crippen LogP contribution < -0.4 is 10.1 Å². The largest absolute Gasteiger partial charge is 0.496 e. The summed E-state index contributed by atoms with van der Waals surface area (Å²) in [5.74, 6) is 1.57. The maximum Gasteiger partial charge on any atom is 0.251 e. The lowest BCUT2D eigenvalue weighted by Gasteiger charge is -2.17. The number of thioether (sulfide) groups is 1. The van der Waals surface area contributed by atoms with E-state index < -0.39 is 0 Å². The molecule has 27 heavy (non-hydrogen) atoms. The third-order valence-corrected chi connectivity index (χ3v) is 5.40. The smallest absolute Gasteiger partial charge is 0.251 e. The van der Waals surface area contributed by atoms with E-state index in [0.717, 1.165) is 17.1 Å². The van der Waals surface area contributed by atoms with Crippen LogP contribution in [-0.4, -0.2) is 13.0 Å². The Morgan fingerprint density at radius 3 is 2.33 bits per heavy atom. The second-order valence-corrected chi connectivity index (χ2v) is 7.28. The van der Waals surface area contributed by atoms with E-state index in [4.69, 9.17) is 4.74 Å². The molecule has 1 unspecified atom stereocenters. The number of para-hydroxylation sites is 1. The molecular weight excluding hydrogens is 354 g/mol. The fraction of sp³-hybridized carbons (Fsp3) is 0.174. The first-order valence-electron chi connectivity index (χ1n) is 8.88. The first-order chi connectivity index (χ1) is 13.2. The summed E-state index contributed by atoms with van der Waals surface area (Å²) in [6.07, 6.45) is 0. The molecule has 1 atom stereocenters. The van der Waals surface area contributed by atoms with Gasteiger partial charge in [0.05, 0.1) is 13.2 Å². The van der Waals surface area contributed by atoms with Crippen molar-refractivity contribution in [2.45, 2.75) is 23.6 Å². The van der Waals surface area contributed by atoms with Gasteiger partial charge in [0.1, 0.15) is 5.75 Å². The van der Waals surface area contributed by atoms with Crippen molar-refractivity contribution in [1.82, 2.24) is 5.32 Å². The van der Waals surface area contributed by atoms with Gasteiger partial charge in [-0.3, -0.25) is 4.79 Å². The Balaban J connectivity index is 1.60. The van der Waals surface area contributed by atoms with E-state index in [2.05, 4.69) is 17.4 Å². The minimum absolute atomic E-state index is 0.0873. The van der Waals surface area contributed by atoms with E-state index in [1.54, 1.807) is 18.9 Å². The minimum atomic E-state index is -0.137. The first-order valence-corrected chi connectivity index (χ1v) is 9.86. The van der Waals surface area contributed by atoms with Crippen LogP contribution in [0.2, 0.25) is 0 Å². The van der Waals surface area contributed by atoms with E-state index >= 15 is 0 Å². The number of benzene rings is 3. The Morgan fingerprint density at radius 1 is 0.963 bits per heavy atom. The molecule has 0 aliphatic carbocycles. The Kier molecular flexibility index (Phi) is 6.55. The highest BCUT2D eigenvalue weighted by Gasteiger charge is 2.14. The SMILES string of the molecule is COc1ccccc1C(C)NC(=O)c1ccc(CSc2ccccc2)cc1. The Labute approximate surface area is 164 Å². The van der Waals surface area contributed by atoms with E-state index in [1.165, 1.54) is 10.5 Å². The van der Waals surface area contributed by atoms with Crippen molar-refractivity contribution in [3.05, 3.63) is 95.6 Å². The molecule has 0 spiro atoms. The van der Waals surface area contributed by atoms with Gasteiger partial charge in [0.25, 0.3) is 5.91 Å². The van der Waals surface area contributed by atoms with Gasteiger partial charge in [0, 0.05) is 21.8 Å². The van der Waals surface area contributed by atoms with Crippen molar-refractivity contribution < 1.29 is 9.53 Å². The quantitative estimate of drug-likeness (QED) is 0.554. The highest BCUT2D eigenvalue weighted by Crippen LogP contribution is 2.25. The molecule has 0 bridgehead atoms. The van der Waals surface area contributed by atoms with Crippen molar-refractivity contribution in [2.24, 2.45) is 0 Å². The molecule has 0 aliphatic heterocycles. The molecule has 138 valence electrons. The monoisotopic (exact) mass is 377 g/mol. The molecule has 0 saturated heterocycles. The summed E-state index contributed by atoms with van der Waals surface area (Å²) in [6, 6.07) is 25.7. The summed E-state index contributed by atoms with van der Waals surface area (Å²) in [6.45, 7) is 1.96. The molecule has 0 radical (unpaired) electrons. The highest BCUT2D eigenvalue weighted by atomic mass is 32.2. The summed E-state index contributed by atoms with van der Waals surface area (Å²) in [5.41, 5.74) is 2.81. The Morgan fingerprint density at radius 2 is 1.63 bits per heavy atom. The molecule has 3 aromatic carbocycles. The number of rotatable bonds is 7. The number of amides is 1. The summed E-state index contributed by atoms with van der Waals surface area (Å²) in [5, 5.41) is 3.04. The zero-order valence-corrected chi connectivity index (χ0v) is 16.3. The van der Waals surface area contributed by atoms with E-state index in [-0.39, 0.29) is 11.9 Å². The van der Waals surface area contributed by atoms with E-state index in [9.17, 15) is 4.79 Å². The molecule has 0 aliphatic rings. The Bertz CT molecular complexity index is 878. The van der Waals surface area contributed by atoms with Crippen LogP contribution in [0.25, 0.3) is 0 Å². The first kappa shape index (κ1) is 19.1. The van der Waals surface area contributed by atoms with Crippen LogP contribution in [0, 0.1) is 0 Å². The fourth-order valence-electron chi connectivity index (χ4n) is 2.82. The van der Waals surface area contributed by atoms with Crippen molar-refractivity contribution in [2.75, 3.05) is 7.11 Å². The molecular formula is C23H23NO2S. The van der Waals surface area contributed by atoms with Gasteiger partial charge in [-0.2, -0.15) is 0 Å². The van der Waals surface area contributed by atoms with Gasteiger partial charge in [-0.1, -0.05) is 48.5 Å². The van der Waals surface area contributed by atoms with Crippen molar-refractivity contribution in [1.29, 1.82) is 0 Å². The molecule has 4 heteroatoms. The van der Waals surface area contributed by atoms with Gasteiger partial charge >= 0.3 is 0 Å². The van der Waals surface area contributed by atoms with Gasteiger partial charge in [0.15, 0.2) is 0 Å². The van der Waals surface area contributed by atoms with Crippen LogP contribution in [0.5, 0.6) is 5.75 Å². The number of nitrogens with one attached hydrogen (secondary N) is 1. The second kappa shape index (κ2) is 9.28. The molecule has 0 heterocycles. The van der Waals surface area contributed by atoms with Gasteiger partial charge in [0.2, 0.25) is 0 Å². The van der Waals surface area contributed by atoms with Crippen molar-refractivity contribution in [3.63, 3.8) is 0 Å². The second-order valence-electron chi connectivity index (χ2n) is 6.24. The lowest BCUT2D eigenvalue weighted by atomic mass is 10.1. The van der Waals surface area contributed by atoms with Gasteiger partial charge in [-0.25, -0.2) is 0 Å². The zero-order valence-electron chi connectivity index (χ0n) is 15.5. The molecule has 3 rings (SSSR count). The molecule has 1 amide bonds. The average molecular weight is 378 g/mol. The predicted octanol–water partition coefficient (Wildman–Crippen LogP) is 5.48. The van der Waals surface area contributed by atoms with Gasteiger partial charge < -0.3 is 10.1 Å². The summed E-state index contributed by atoms with van der Waals surface area (Å²) in [7, 11) is 1.64. The highest BCUT2D eigenvalue weighted by molar-refractivity contribution is 7.98. The lowest BCUT2D eigenvalue weighted by molar-refractivity contribution is 0.0939. The van der Waals surface area contributed by atoms with E-state index in [0.29, 0.717) is 5.56 Å². The molecule has 1 N–H and O–H groups in total. The molecule has 3 nitrogen and oxygen atoms in total. The third-order valence-electron chi connectivity index (χ3n) is 4.32. The number of ether oxygens (including phenoxy) is 1. The van der Waals surface area contributed by atoms with Crippen LogP contribution >= 0.6 is 11.8 Å². The number of hydrogen-bond acceptors (Lipinski definition) is 3. The van der Waals surface area contributed by atoms with Crippen LogP contribution in [0.15, 0.2) is 83.8 Å². The third kappa shape index (κ3) is 5.14. The normalized spacial score (nSPS) is 11.6. The average Bonchev–Trinajstić information content (AvgIpc) is 2.73. The number of carbonyl (C=O) groups excluding carboxylic acids is 1. The molecule has 0 saturated carbocycles. The number of carbonyl (C=O) groups is 1. The Hall–Kier alpha value is -2.72. The number of methoxy groups -OCH3 is 1. The fourth-order valence-corrected chi connectivity index (χ4v) is 3.69. The van der Waals surface area contributed by atoms with Crippen LogP contribution in [0.1, 0.15) is 34.5 Å². The minimum Gasteiger partial charge on any atom is -0.496 e. The van der Waals surface area contributed by atoms with Crippen molar-refractivity contribution in [3.8, 4) is 5.75 Å². The summed E-state index contributed by atoms with van der Waals surface area (Å²) >= 11 is 1.79. The predicted molar refractivity (Wildman–Crippen MR) is 111 cm³/mol. The maximum absolute atomic E-state index is 12.6. The van der Waals surface area contributed by atoms with Crippen LogP contribution in [0.3, 0.4) is 0 Å². The summed E-state index contributed by atoms with van der Waals surface area (Å²) in [4.78, 5) is 13.8. The zero-order chi connectivity index (χ0) is 19.1. The van der Waals surface area contributed by atoms with Crippen molar-refractivity contribution >= 4 is 17.7 Å². The topological polar surface area (TPSA) is 38.3 Å². The molecule has 3 aromatic rings. The van der Waals surface area contributed by atoms with E-state index in [1.807, 2.05) is 73.7 Å². The summed E-state index contributed by atoms with van der Waals surface area (Å²) < 4.78 is 5.38. The molecule has 0 fully saturated rings. The van der Waals surface area contributed by atoms with Crippen LogP contribution in [0.4, 0.5) is 0 Å². The number of hydrogen-bond donors (Lipinski definition) is 1. The van der Waals surface area contributed by atoms with Gasteiger partial charge in [-0.15, -0.1) is 11.8 Å². The molecule has 0 aromatic heterocycles. The maximum atomic E-state index is 12.6. The van der Waals surface area contributed by atoms with Gasteiger partial charge in [-0.05, 0) is 42.8 Å². The lowest BCUT2D eigenvalue weighted by Crippen LogP contribution is -2.26. The van der Waals surface area contributed by atoms with Crippen LogP contribution in [-0.2, 0) is 5.75 Å². The standard InChI is InChI=1S/C23H23NO2S/c1-17(21-10-6-7-11-22(21)26-2)24-23(25)19-14-12-18(13-15-19)16-27-20-8-4-3-5-9-20/h3-15,17H,16H2,1-2H3,(H,24,25).